The lowest BCUT2D eigenvalue weighted by Gasteiger charge is -2.35. The van der Waals surface area contributed by atoms with Crippen LogP contribution >= 0.6 is 11.8 Å². The van der Waals surface area contributed by atoms with Crippen LogP contribution in [0.25, 0.3) is 11.1 Å². The molecule has 3 aromatic carbocycles. The Morgan fingerprint density at radius 3 is 2.03 bits per heavy atom. The molecule has 0 saturated heterocycles. The summed E-state index contributed by atoms with van der Waals surface area (Å²) in [6.45, 7) is 12.6. The van der Waals surface area contributed by atoms with Gasteiger partial charge in [0.15, 0.2) is 0 Å². The van der Waals surface area contributed by atoms with Crippen LogP contribution in [0.4, 0.5) is 0 Å². The van der Waals surface area contributed by atoms with Crippen LogP contribution in [0.15, 0.2) is 82.6 Å². The lowest BCUT2D eigenvalue weighted by Crippen LogP contribution is -2.47. The van der Waals surface area contributed by atoms with E-state index in [-0.39, 0.29) is 16.9 Å². The van der Waals surface area contributed by atoms with Crippen molar-refractivity contribution in [2.75, 3.05) is 7.11 Å². The van der Waals surface area contributed by atoms with Crippen LogP contribution in [0.1, 0.15) is 39.2 Å². The molecule has 0 aliphatic heterocycles. The van der Waals surface area contributed by atoms with Gasteiger partial charge in [-0.3, -0.25) is 4.79 Å². The summed E-state index contributed by atoms with van der Waals surface area (Å²) in [6.07, 6.45) is 0. The Labute approximate surface area is 209 Å². The lowest BCUT2D eigenvalue weighted by atomic mass is 10.0. The number of benzene rings is 3. The van der Waals surface area contributed by atoms with E-state index in [0.717, 1.165) is 32.2 Å². The molecule has 1 unspecified atom stereocenters. The normalized spacial score (nSPS) is 12.8. The third-order valence-electron chi connectivity index (χ3n) is 6.50. The summed E-state index contributed by atoms with van der Waals surface area (Å²) in [5.74, 6) is 0.403. The van der Waals surface area contributed by atoms with Gasteiger partial charge in [0.2, 0.25) is 14.2 Å². The van der Waals surface area contributed by atoms with Crippen LogP contribution in [0.2, 0.25) is 18.1 Å². The molecule has 0 saturated carbocycles. The van der Waals surface area contributed by atoms with Crippen molar-refractivity contribution in [2.45, 2.75) is 61.5 Å². The van der Waals surface area contributed by atoms with Gasteiger partial charge in [-0.2, -0.15) is 0 Å². The van der Waals surface area contributed by atoms with Gasteiger partial charge >= 0.3 is 0 Å². The van der Waals surface area contributed by atoms with E-state index in [9.17, 15) is 4.79 Å². The number of amides is 1. The number of hydroxylamine groups is 1. The average Bonchev–Trinajstić information content (AvgIpc) is 2.82. The minimum Gasteiger partial charge on any atom is -0.497 e. The maximum absolute atomic E-state index is 12.9. The van der Waals surface area contributed by atoms with Gasteiger partial charge in [-0.05, 0) is 72.1 Å². The zero-order chi connectivity index (χ0) is 24.9. The third-order valence-corrected chi connectivity index (χ3v) is 11.8. The topological polar surface area (TPSA) is 47.6 Å². The van der Waals surface area contributed by atoms with Crippen molar-refractivity contribution < 1.29 is 14.1 Å². The summed E-state index contributed by atoms with van der Waals surface area (Å²) in [5.41, 5.74) is 6.04. The van der Waals surface area contributed by atoms with Crippen LogP contribution < -0.4 is 10.2 Å². The van der Waals surface area contributed by atoms with Gasteiger partial charge in [-0.25, -0.2) is 5.48 Å². The maximum Gasteiger partial charge on any atom is 0.249 e. The summed E-state index contributed by atoms with van der Waals surface area (Å²) in [6, 6.07) is 24.6. The molecule has 6 heteroatoms. The van der Waals surface area contributed by atoms with E-state index in [0.29, 0.717) is 0 Å². The van der Waals surface area contributed by atoms with E-state index in [1.807, 2.05) is 37.3 Å². The minimum atomic E-state index is -2.07. The fourth-order valence-corrected chi connectivity index (χ4v) is 4.81. The predicted octanol–water partition coefficient (Wildman–Crippen LogP) is 7.67. The third kappa shape index (κ3) is 6.32. The molecule has 4 nitrogen and oxygen atoms in total. The Balaban J connectivity index is 1.71. The number of methoxy groups -OCH3 is 1. The van der Waals surface area contributed by atoms with Crippen LogP contribution in [-0.4, -0.2) is 21.3 Å². The minimum absolute atomic E-state index is 0.0231. The molecule has 1 atom stereocenters. The van der Waals surface area contributed by atoms with Gasteiger partial charge in [0.1, 0.15) is 5.75 Å². The Morgan fingerprint density at radius 2 is 1.47 bits per heavy atom. The summed E-state index contributed by atoms with van der Waals surface area (Å²) in [5, 5.41) is 0.0231. The Hall–Kier alpha value is -2.54. The zero-order valence-electron chi connectivity index (χ0n) is 21.1. The standard InChI is InChI=1S/C28H35NO3SSi/c1-20(27(30)29-32-34(6,7)28(2,3)4)25-10-8-9-11-26(25)33-24-18-14-22(15-19-24)21-12-16-23(31-5)17-13-21/h8-20H,1-7H3,(H,29,30). The van der Waals surface area contributed by atoms with Gasteiger partial charge < -0.3 is 9.26 Å². The first-order chi connectivity index (χ1) is 16.0. The van der Waals surface area contributed by atoms with Crippen molar-refractivity contribution in [3.05, 3.63) is 78.4 Å². The van der Waals surface area contributed by atoms with E-state index in [4.69, 9.17) is 9.26 Å². The van der Waals surface area contributed by atoms with Crippen molar-refractivity contribution in [3.8, 4) is 16.9 Å². The summed E-state index contributed by atoms with van der Waals surface area (Å²) in [7, 11) is -0.401. The summed E-state index contributed by atoms with van der Waals surface area (Å²) >= 11 is 1.67. The molecule has 0 aliphatic rings. The molecule has 0 aliphatic carbocycles. The average molecular weight is 494 g/mol. The molecule has 1 amide bonds. The molecular formula is C28H35NO3SSi. The largest absolute Gasteiger partial charge is 0.497 e. The van der Waals surface area contributed by atoms with E-state index in [2.05, 4.69) is 81.8 Å². The SMILES string of the molecule is COc1ccc(-c2ccc(Sc3ccccc3C(C)C(=O)NO[Si](C)(C)C(C)(C)C)cc2)cc1. The molecule has 3 aromatic rings. The number of carbonyl (C=O) groups excluding carboxylic acids is 1. The second-order valence-electron chi connectivity index (χ2n) is 9.94. The Kier molecular flexibility index (Phi) is 8.28. The molecule has 0 radical (unpaired) electrons. The van der Waals surface area contributed by atoms with E-state index < -0.39 is 8.32 Å². The highest BCUT2D eigenvalue weighted by molar-refractivity contribution is 7.99. The summed E-state index contributed by atoms with van der Waals surface area (Å²) in [4.78, 5) is 15.1. The van der Waals surface area contributed by atoms with Gasteiger partial charge in [0.05, 0.1) is 13.0 Å². The van der Waals surface area contributed by atoms with Crippen LogP contribution in [0, 0.1) is 0 Å². The number of hydrogen-bond donors (Lipinski definition) is 1. The molecule has 3 rings (SSSR count). The number of ether oxygens (including phenoxy) is 1. The molecule has 0 fully saturated rings. The predicted molar refractivity (Wildman–Crippen MR) is 144 cm³/mol. The molecule has 0 spiro atoms. The smallest absolute Gasteiger partial charge is 0.249 e. The first kappa shape index (κ1) is 26.1. The molecular weight excluding hydrogens is 458 g/mol. The van der Waals surface area contributed by atoms with Crippen molar-refractivity contribution >= 4 is 26.0 Å². The van der Waals surface area contributed by atoms with Crippen molar-refractivity contribution in [3.63, 3.8) is 0 Å². The number of hydrogen-bond acceptors (Lipinski definition) is 4. The first-order valence-electron chi connectivity index (χ1n) is 11.5. The van der Waals surface area contributed by atoms with E-state index in [1.165, 1.54) is 0 Å². The fraction of sp³-hybridized carbons (Fsp3) is 0.321. The molecule has 1 N–H and O–H groups in total. The molecule has 180 valence electrons. The van der Waals surface area contributed by atoms with E-state index >= 15 is 0 Å². The molecule has 0 bridgehead atoms. The van der Waals surface area contributed by atoms with Crippen LogP contribution in [-0.2, 0) is 9.32 Å². The second-order valence-corrected chi connectivity index (χ2v) is 15.8. The van der Waals surface area contributed by atoms with E-state index in [1.54, 1.807) is 18.9 Å². The number of nitrogens with one attached hydrogen (secondary N) is 1. The van der Waals surface area contributed by atoms with Crippen LogP contribution in [0.5, 0.6) is 5.75 Å². The molecule has 34 heavy (non-hydrogen) atoms. The van der Waals surface area contributed by atoms with Gasteiger partial charge in [0.25, 0.3) is 0 Å². The number of rotatable bonds is 8. The zero-order valence-corrected chi connectivity index (χ0v) is 23.0. The Morgan fingerprint density at radius 1 is 0.912 bits per heavy atom. The second kappa shape index (κ2) is 10.8. The number of carbonyl (C=O) groups is 1. The van der Waals surface area contributed by atoms with Gasteiger partial charge in [-0.15, -0.1) is 0 Å². The van der Waals surface area contributed by atoms with Crippen molar-refractivity contribution in [1.82, 2.24) is 5.48 Å². The highest BCUT2D eigenvalue weighted by Crippen LogP contribution is 2.37. The monoisotopic (exact) mass is 493 g/mol. The van der Waals surface area contributed by atoms with Crippen molar-refractivity contribution in [1.29, 1.82) is 0 Å². The fourth-order valence-electron chi connectivity index (χ4n) is 3.12. The Bertz CT molecular complexity index is 1110. The maximum atomic E-state index is 12.9. The van der Waals surface area contributed by atoms with Gasteiger partial charge in [0, 0.05) is 9.79 Å². The lowest BCUT2D eigenvalue weighted by molar-refractivity contribution is -0.129. The van der Waals surface area contributed by atoms with Crippen LogP contribution in [0.3, 0.4) is 0 Å². The molecule has 0 aromatic heterocycles. The first-order valence-corrected chi connectivity index (χ1v) is 15.2. The highest BCUT2D eigenvalue weighted by Gasteiger charge is 2.39. The van der Waals surface area contributed by atoms with Crippen molar-refractivity contribution in [2.24, 2.45) is 0 Å². The highest BCUT2D eigenvalue weighted by atomic mass is 32.2. The molecule has 0 heterocycles. The summed E-state index contributed by atoms with van der Waals surface area (Å²) < 4.78 is 11.2. The quantitative estimate of drug-likeness (QED) is 0.258. The van der Waals surface area contributed by atoms with Gasteiger partial charge in [-0.1, -0.05) is 75.0 Å².